The van der Waals surface area contributed by atoms with Gasteiger partial charge in [0.05, 0.1) is 7.11 Å². The van der Waals surface area contributed by atoms with Gasteiger partial charge in [-0.1, -0.05) is 24.3 Å². The van der Waals surface area contributed by atoms with Gasteiger partial charge in [-0.25, -0.2) is 4.79 Å². The summed E-state index contributed by atoms with van der Waals surface area (Å²) < 4.78 is 4.33. The van der Waals surface area contributed by atoms with E-state index in [4.69, 9.17) is 11.6 Å². The molecule has 88 valence electrons. The van der Waals surface area contributed by atoms with Gasteiger partial charge in [0.15, 0.2) is 6.10 Å². The summed E-state index contributed by atoms with van der Waals surface area (Å²) in [4.78, 5) is 11.0. The fourth-order valence-electron chi connectivity index (χ4n) is 1.24. The average Bonchev–Trinajstić information content (AvgIpc) is 2.36. The molecule has 2 atom stereocenters. The van der Waals surface area contributed by atoms with Crippen LogP contribution in [0.5, 0.6) is 0 Å². The molecule has 0 aliphatic rings. The number of aliphatic hydroxyl groups is 2. The van der Waals surface area contributed by atoms with Crippen molar-refractivity contribution in [3.8, 4) is 0 Å². The fourth-order valence-corrected chi connectivity index (χ4v) is 1.41. The van der Waals surface area contributed by atoms with Gasteiger partial charge in [0.2, 0.25) is 0 Å². The first-order valence-electron chi connectivity index (χ1n) is 4.69. The third kappa shape index (κ3) is 2.95. The van der Waals surface area contributed by atoms with E-state index in [0.717, 1.165) is 12.7 Å². The highest BCUT2D eigenvalue weighted by Crippen LogP contribution is 2.18. The first-order valence-corrected chi connectivity index (χ1v) is 5.22. The Morgan fingerprint density at radius 3 is 2.38 bits per heavy atom. The molecule has 16 heavy (non-hydrogen) atoms. The summed E-state index contributed by atoms with van der Waals surface area (Å²) in [5.74, 6) is -0.496. The maximum Gasteiger partial charge on any atom is 0.337 e. The van der Waals surface area contributed by atoms with Crippen LogP contribution in [0.1, 0.15) is 17.2 Å². The minimum Gasteiger partial charge on any atom is -0.467 e. The van der Waals surface area contributed by atoms with Gasteiger partial charge in [-0.15, -0.1) is 11.6 Å². The van der Waals surface area contributed by atoms with Crippen molar-refractivity contribution in [3.05, 3.63) is 35.4 Å². The van der Waals surface area contributed by atoms with E-state index in [-0.39, 0.29) is 0 Å². The summed E-state index contributed by atoms with van der Waals surface area (Å²) in [5, 5.41) is 19.1. The number of hydrogen-bond acceptors (Lipinski definition) is 4. The van der Waals surface area contributed by atoms with Crippen molar-refractivity contribution in [1.82, 2.24) is 0 Å². The van der Waals surface area contributed by atoms with Crippen molar-refractivity contribution in [2.75, 3.05) is 7.11 Å². The van der Waals surface area contributed by atoms with E-state index in [9.17, 15) is 15.0 Å². The molecule has 4 nitrogen and oxygen atoms in total. The van der Waals surface area contributed by atoms with Gasteiger partial charge in [0, 0.05) is 5.88 Å². The van der Waals surface area contributed by atoms with Crippen LogP contribution in [0, 0.1) is 0 Å². The Morgan fingerprint density at radius 2 is 1.94 bits per heavy atom. The topological polar surface area (TPSA) is 66.8 Å². The molecule has 0 fully saturated rings. The standard InChI is InChI=1S/C11H13ClO4/c1-16-11(15)10(14)9(13)8-4-2-7(6-12)3-5-8/h2-5,9-10,13-14H,6H2,1H3. The lowest BCUT2D eigenvalue weighted by molar-refractivity contribution is -0.156. The van der Waals surface area contributed by atoms with Gasteiger partial charge in [0.25, 0.3) is 0 Å². The van der Waals surface area contributed by atoms with Crippen LogP contribution in [0.2, 0.25) is 0 Å². The average molecular weight is 245 g/mol. The van der Waals surface area contributed by atoms with E-state index in [1.165, 1.54) is 0 Å². The number of carbonyl (C=O) groups is 1. The number of esters is 1. The van der Waals surface area contributed by atoms with E-state index >= 15 is 0 Å². The van der Waals surface area contributed by atoms with Gasteiger partial charge >= 0.3 is 5.97 Å². The van der Waals surface area contributed by atoms with Gasteiger partial charge in [0.1, 0.15) is 6.10 Å². The summed E-state index contributed by atoms with van der Waals surface area (Å²) in [5.41, 5.74) is 1.33. The molecular formula is C11H13ClO4. The molecule has 0 saturated heterocycles. The summed E-state index contributed by atoms with van der Waals surface area (Å²) in [6, 6.07) is 6.65. The van der Waals surface area contributed by atoms with E-state index in [1.54, 1.807) is 24.3 Å². The minimum atomic E-state index is -1.58. The Bertz CT molecular complexity index is 350. The quantitative estimate of drug-likeness (QED) is 0.612. The number of benzene rings is 1. The lowest BCUT2D eigenvalue weighted by atomic mass is 10.0. The van der Waals surface area contributed by atoms with Crippen molar-refractivity contribution in [2.45, 2.75) is 18.1 Å². The SMILES string of the molecule is COC(=O)C(O)C(O)c1ccc(CCl)cc1. The Labute approximate surface area is 98.4 Å². The predicted molar refractivity (Wildman–Crippen MR) is 59.0 cm³/mol. The molecule has 0 saturated carbocycles. The number of methoxy groups -OCH3 is 1. The molecule has 0 spiro atoms. The lowest BCUT2D eigenvalue weighted by Gasteiger charge is -2.16. The highest BCUT2D eigenvalue weighted by Gasteiger charge is 2.26. The number of ether oxygens (including phenoxy) is 1. The molecule has 0 heterocycles. The summed E-state index contributed by atoms with van der Waals surface area (Å²) in [6.45, 7) is 0. The van der Waals surface area contributed by atoms with Crippen LogP contribution < -0.4 is 0 Å². The molecule has 2 N–H and O–H groups in total. The van der Waals surface area contributed by atoms with Gasteiger partial charge in [-0.05, 0) is 11.1 Å². The van der Waals surface area contributed by atoms with E-state index in [2.05, 4.69) is 4.74 Å². The molecule has 2 unspecified atom stereocenters. The number of aliphatic hydroxyl groups excluding tert-OH is 2. The Morgan fingerprint density at radius 1 is 1.38 bits per heavy atom. The zero-order valence-corrected chi connectivity index (χ0v) is 9.52. The molecule has 0 aliphatic heterocycles. The Kier molecular flexibility index (Phi) is 4.73. The molecule has 5 heteroatoms. The summed E-state index contributed by atoms with van der Waals surface area (Å²) in [6.07, 6.45) is -2.87. The van der Waals surface area contributed by atoms with Crippen LogP contribution in [0.3, 0.4) is 0 Å². The molecule has 0 aromatic heterocycles. The van der Waals surface area contributed by atoms with Gasteiger partial charge < -0.3 is 14.9 Å². The zero-order chi connectivity index (χ0) is 12.1. The van der Waals surface area contributed by atoms with E-state index in [1.807, 2.05) is 0 Å². The number of alkyl halides is 1. The first kappa shape index (κ1) is 13.0. The van der Waals surface area contributed by atoms with Crippen molar-refractivity contribution >= 4 is 17.6 Å². The van der Waals surface area contributed by atoms with E-state index < -0.39 is 18.2 Å². The minimum absolute atomic E-state index is 0.371. The maximum atomic E-state index is 11.0. The lowest BCUT2D eigenvalue weighted by Crippen LogP contribution is -2.28. The molecule has 1 aromatic rings. The summed E-state index contributed by atoms with van der Waals surface area (Å²) in [7, 11) is 1.15. The second-order valence-electron chi connectivity index (χ2n) is 3.29. The molecule has 0 aliphatic carbocycles. The van der Waals surface area contributed by atoms with Crippen LogP contribution in [0.4, 0.5) is 0 Å². The summed E-state index contributed by atoms with van der Waals surface area (Å²) >= 11 is 5.61. The number of halogens is 1. The monoisotopic (exact) mass is 244 g/mol. The second kappa shape index (κ2) is 5.84. The maximum absolute atomic E-state index is 11.0. The third-order valence-electron chi connectivity index (χ3n) is 2.22. The number of carbonyl (C=O) groups excluding carboxylic acids is 1. The molecule has 0 bridgehead atoms. The van der Waals surface area contributed by atoms with Gasteiger partial charge in [-0.2, -0.15) is 0 Å². The highest BCUT2D eigenvalue weighted by atomic mass is 35.5. The van der Waals surface area contributed by atoms with Crippen molar-refractivity contribution in [3.63, 3.8) is 0 Å². The zero-order valence-electron chi connectivity index (χ0n) is 8.76. The smallest absolute Gasteiger partial charge is 0.337 e. The van der Waals surface area contributed by atoms with E-state index in [0.29, 0.717) is 11.4 Å². The molecule has 1 rings (SSSR count). The van der Waals surface area contributed by atoms with Crippen LogP contribution in [-0.2, 0) is 15.4 Å². The van der Waals surface area contributed by atoms with Crippen molar-refractivity contribution in [1.29, 1.82) is 0 Å². The van der Waals surface area contributed by atoms with Gasteiger partial charge in [-0.3, -0.25) is 0 Å². The molecule has 1 aromatic carbocycles. The normalized spacial score (nSPS) is 14.2. The second-order valence-corrected chi connectivity index (χ2v) is 3.56. The number of hydrogen-bond donors (Lipinski definition) is 2. The Balaban J connectivity index is 2.79. The molecular weight excluding hydrogens is 232 g/mol. The van der Waals surface area contributed by atoms with Crippen LogP contribution in [0.25, 0.3) is 0 Å². The predicted octanol–water partition coefficient (Wildman–Crippen LogP) is 0.993. The van der Waals surface area contributed by atoms with Crippen LogP contribution in [0.15, 0.2) is 24.3 Å². The fraction of sp³-hybridized carbons (Fsp3) is 0.364. The number of rotatable bonds is 4. The third-order valence-corrected chi connectivity index (χ3v) is 2.53. The first-order chi connectivity index (χ1) is 7.60. The molecule has 0 amide bonds. The highest BCUT2D eigenvalue weighted by molar-refractivity contribution is 6.17. The van der Waals surface area contributed by atoms with Crippen LogP contribution >= 0.6 is 11.6 Å². The largest absolute Gasteiger partial charge is 0.467 e. The van der Waals surface area contributed by atoms with Crippen molar-refractivity contribution < 1.29 is 19.7 Å². The van der Waals surface area contributed by atoms with Crippen molar-refractivity contribution in [2.24, 2.45) is 0 Å². The molecule has 0 radical (unpaired) electrons. The van der Waals surface area contributed by atoms with Crippen LogP contribution in [-0.4, -0.2) is 29.4 Å². The Hall–Kier alpha value is -1.10.